The van der Waals surface area contributed by atoms with E-state index in [-0.39, 0.29) is 12.0 Å². The second-order valence-corrected chi connectivity index (χ2v) is 8.29. The topological polar surface area (TPSA) is 60.9 Å². The molecule has 1 aliphatic heterocycles. The van der Waals surface area contributed by atoms with Gasteiger partial charge in [0, 0.05) is 42.3 Å². The maximum absolute atomic E-state index is 12.8. The summed E-state index contributed by atoms with van der Waals surface area (Å²) in [5, 5.41) is 6.79. The van der Waals surface area contributed by atoms with Gasteiger partial charge in [-0.15, -0.1) is 11.3 Å². The first kappa shape index (κ1) is 19.7. The molecule has 0 spiro atoms. The number of ether oxygens (including phenoxy) is 3. The van der Waals surface area contributed by atoms with Crippen LogP contribution in [0.1, 0.15) is 23.3 Å². The molecule has 0 bridgehead atoms. The lowest BCUT2D eigenvalue weighted by atomic mass is 10.1. The van der Waals surface area contributed by atoms with Gasteiger partial charge in [0.25, 0.3) is 5.91 Å². The van der Waals surface area contributed by atoms with Crippen molar-refractivity contribution in [3.05, 3.63) is 46.1 Å². The molecule has 0 aliphatic carbocycles. The molecule has 0 unspecified atom stereocenters. The van der Waals surface area contributed by atoms with Crippen LogP contribution < -0.4 is 14.2 Å². The van der Waals surface area contributed by atoms with Crippen LogP contribution in [0.25, 0.3) is 10.6 Å². The van der Waals surface area contributed by atoms with E-state index in [0.717, 1.165) is 23.4 Å². The van der Waals surface area contributed by atoms with Gasteiger partial charge in [0.05, 0.1) is 14.2 Å². The number of likely N-dealkylation sites (tertiary alicyclic amines) is 1. The average Bonchev–Trinajstić information content (AvgIpc) is 3.46. The highest BCUT2D eigenvalue weighted by Gasteiger charge is 2.27. The summed E-state index contributed by atoms with van der Waals surface area (Å²) < 4.78 is 17.0. The van der Waals surface area contributed by atoms with E-state index in [9.17, 15) is 4.79 Å². The molecule has 2 aromatic heterocycles. The first-order chi connectivity index (χ1) is 14.2. The molecule has 1 amide bonds. The number of rotatable bonds is 6. The molecule has 8 heteroatoms. The van der Waals surface area contributed by atoms with Crippen molar-refractivity contribution in [2.24, 2.45) is 0 Å². The highest BCUT2D eigenvalue weighted by atomic mass is 32.1. The van der Waals surface area contributed by atoms with Crippen LogP contribution in [0.15, 0.2) is 40.4 Å². The lowest BCUT2D eigenvalue weighted by Gasteiger charge is -2.32. The minimum Gasteiger partial charge on any atom is -0.493 e. The molecule has 1 aliphatic rings. The van der Waals surface area contributed by atoms with Crippen LogP contribution in [-0.4, -0.2) is 49.2 Å². The highest BCUT2D eigenvalue weighted by Crippen LogP contribution is 2.38. The molecule has 152 valence electrons. The monoisotopic (exact) mass is 430 g/mol. The summed E-state index contributed by atoms with van der Waals surface area (Å²) in [6.07, 6.45) is 1.49. The second kappa shape index (κ2) is 8.84. The van der Waals surface area contributed by atoms with Gasteiger partial charge in [-0.05, 0) is 23.6 Å². The van der Waals surface area contributed by atoms with Crippen molar-refractivity contribution in [1.82, 2.24) is 9.88 Å². The standard InChI is InChI=1S/C21H22N2O4S2/c1-25-17-4-3-5-18(26-2)19(17)27-15-6-9-23(10-7-15)21(24)16-13-29-20(22-16)14-8-11-28-12-14/h3-5,8,11-13,15H,6-7,9-10H2,1-2H3. The predicted molar refractivity (Wildman–Crippen MR) is 115 cm³/mol. The van der Waals surface area contributed by atoms with Gasteiger partial charge in [-0.2, -0.15) is 11.3 Å². The number of amides is 1. The third-order valence-electron chi connectivity index (χ3n) is 4.89. The summed E-state index contributed by atoms with van der Waals surface area (Å²) >= 11 is 3.13. The van der Waals surface area contributed by atoms with Crippen LogP contribution in [0, 0.1) is 0 Å². The zero-order valence-electron chi connectivity index (χ0n) is 16.3. The van der Waals surface area contributed by atoms with Crippen LogP contribution in [-0.2, 0) is 0 Å². The fourth-order valence-electron chi connectivity index (χ4n) is 3.33. The first-order valence-corrected chi connectivity index (χ1v) is 11.2. The summed E-state index contributed by atoms with van der Waals surface area (Å²) in [5.41, 5.74) is 1.58. The number of methoxy groups -OCH3 is 2. The van der Waals surface area contributed by atoms with Gasteiger partial charge in [-0.25, -0.2) is 4.98 Å². The van der Waals surface area contributed by atoms with Crippen molar-refractivity contribution in [3.8, 4) is 27.8 Å². The van der Waals surface area contributed by atoms with Gasteiger partial charge in [-0.1, -0.05) is 6.07 Å². The van der Waals surface area contributed by atoms with Crippen LogP contribution >= 0.6 is 22.7 Å². The van der Waals surface area contributed by atoms with E-state index in [4.69, 9.17) is 14.2 Å². The smallest absolute Gasteiger partial charge is 0.273 e. The lowest BCUT2D eigenvalue weighted by molar-refractivity contribution is 0.0580. The Balaban J connectivity index is 1.38. The molecule has 3 aromatic rings. The van der Waals surface area contributed by atoms with Crippen molar-refractivity contribution < 1.29 is 19.0 Å². The Morgan fingerprint density at radius 2 is 1.83 bits per heavy atom. The molecule has 0 atom stereocenters. The van der Waals surface area contributed by atoms with Gasteiger partial charge in [0.15, 0.2) is 11.5 Å². The molecular weight excluding hydrogens is 408 g/mol. The molecule has 1 fully saturated rings. The third kappa shape index (κ3) is 4.23. The summed E-state index contributed by atoms with van der Waals surface area (Å²) in [6, 6.07) is 7.59. The predicted octanol–water partition coefficient (Wildman–Crippen LogP) is 4.57. The van der Waals surface area contributed by atoms with E-state index in [1.165, 1.54) is 11.3 Å². The van der Waals surface area contributed by atoms with Crippen LogP contribution in [0.4, 0.5) is 0 Å². The van der Waals surface area contributed by atoms with Crippen molar-refractivity contribution in [2.75, 3.05) is 27.3 Å². The SMILES string of the molecule is COc1cccc(OC)c1OC1CCN(C(=O)c2csc(-c3ccsc3)n2)CC1. The quantitative estimate of drug-likeness (QED) is 0.573. The average molecular weight is 431 g/mol. The van der Waals surface area contributed by atoms with E-state index < -0.39 is 0 Å². The Hall–Kier alpha value is -2.58. The number of para-hydroxylation sites is 1. The maximum atomic E-state index is 12.8. The summed E-state index contributed by atoms with van der Waals surface area (Å²) in [4.78, 5) is 19.2. The Kier molecular flexibility index (Phi) is 6.01. The fraction of sp³-hybridized carbons (Fsp3) is 0.333. The summed E-state index contributed by atoms with van der Waals surface area (Å²) in [7, 11) is 3.22. The maximum Gasteiger partial charge on any atom is 0.273 e. The molecule has 29 heavy (non-hydrogen) atoms. The van der Waals surface area contributed by atoms with Crippen molar-refractivity contribution >= 4 is 28.6 Å². The van der Waals surface area contributed by atoms with E-state index in [2.05, 4.69) is 4.98 Å². The number of carbonyl (C=O) groups excluding carboxylic acids is 1. The fourth-order valence-corrected chi connectivity index (χ4v) is 4.84. The van der Waals surface area contributed by atoms with Crippen molar-refractivity contribution in [2.45, 2.75) is 18.9 Å². The van der Waals surface area contributed by atoms with Gasteiger partial charge < -0.3 is 19.1 Å². The normalized spacial score (nSPS) is 14.6. The number of thiophene rings is 1. The van der Waals surface area contributed by atoms with Crippen LogP contribution in [0.3, 0.4) is 0 Å². The number of hydrogen-bond acceptors (Lipinski definition) is 7. The lowest BCUT2D eigenvalue weighted by Crippen LogP contribution is -2.42. The Labute approximate surface area is 177 Å². The Bertz CT molecular complexity index is 941. The number of thiazole rings is 1. The number of carbonyl (C=O) groups is 1. The molecule has 0 saturated carbocycles. The molecule has 1 saturated heterocycles. The Morgan fingerprint density at radius 1 is 1.10 bits per heavy atom. The third-order valence-corrected chi connectivity index (χ3v) is 6.46. The molecule has 3 heterocycles. The minimum atomic E-state index is -0.0175. The number of piperidine rings is 1. The number of benzene rings is 1. The summed E-state index contributed by atoms with van der Waals surface area (Å²) in [5.74, 6) is 1.89. The summed E-state index contributed by atoms with van der Waals surface area (Å²) in [6.45, 7) is 1.26. The molecule has 1 aromatic carbocycles. The molecular formula is C21H22N2O4S2. The first-order valence-electron chi connectivity index (χ1n) is 9.34. The van der Waals surface area contributed by atoms with Gasteiger partial charge in [-0.3, -0.25) is 4.79 Å². The molecule has 4 rings (SSSR count). The molecule has 0 N–H and O–H groups in total. The van der Waals surface area contributed by atoms with Crippen molar-refractivity contribution in [1.29, 1.82) is 0 Å². The Morgan fingerprint density at radius 3 is 2.45 bits per heavy atom. The van der Waals surface area contributed by atoms with E-state index >= 15 is 0 Å². The van der Waals surface area contributed by atoms with E-state index in [1.54, 1.807) is 25.6 Å². The van der Waals surface area contributed by atoms with Gasteiger partial charge in [0.2, 0.25) is 5.75 Å². The van der Waals surface area contributed by atoms with Crippen LogP contribution in [0.5, 0.6) is 17.2 Å². The highest BCUT2D eigenvalue weighted by molar-refractivity contribution is 7.14. The number of aromatic nitrogens is 1. The van der Waals surface area contributed by atoms with Crippen molar-refractivity contribution in [3.63, 3.8) is 0 Å². The van der Waals surface area contributed by atoms with Gasteiger partial charge in [0.1, 0.15) is 16.8 Å². The zero-order valence-corrected chi connectivity index (χ0v) is 17.9. The van der Waals surface area contributed by atoms with Gasteiger partial charge >= 0.3 is 0 Å². The van der Waals surface area contributed by atoms with Crippen LogP contribution in [0.2, 0.25) is 0 Å². The second-order valence-electron chi connectivity index (χ2n) is 6.65. The van der Waals surface area contributed by atoms with E-state index in [0.29, 0.717) is 36.0 Å². The van der Waals surface area contributed by atoms with E-state index in [1.807, 2.05) is 45.3 Å². The zero-order chi connectivity index (χ0) is 20.2. The minimum absolute atomic E-state index is 0.000973. The molecule has 0 radical (unpaired) electrons. The number of hydrogen-bond donors (Lipinski definition) is 0. The number of nitrogens with zero attached hydrogens (tertiary/aromatic N) is 2. The largest absolute Gasteiger partial charge is 0.493 e. The molecule has 6 nitrogen and oxygen atoms in total.